The van der Waals surface area contributed by atoms with E-state index in [1.807, 2.05) is 0 Å². The maximum absolute atomic E-state index is 15.0. The van der Waals surface area contributed by atoms with Gasteiger partial charge in [-0.15, -0.1) is 0 Å². The van der Waals surface area contributed by atoms with E-state index in [1.165, 1.54) is 10.6 Å². The molecule has 11 nitrogen and oxygen atoms in total. The molecule has 2 amide bonds. The second-order valence-electron chi connectivity index (χ2n) is 10.6. The first-order valence-electron chi connectivity index (χ1n) is 13.2. The molecule has 2 atom stereocenters. The number of carbonyl (C=O) groups is 2. The quantitative estimate of drug-likeness (QED) is 0.230. The van der Waals surface area contributed by atoms with E-state index in [0.717, 1.165) is 5.56 Å². The molecule has 2 aliphatic heterocycles. The lowest BCUT2D eigenvalue weighted by atomic mass is 9.81. The van der Waals surface area contributed by atoms with Gasteiger partial charge in [0.15, 0.2) is 5.60 Å². The van der Waals surface area contributed by atoms with Gasteiger partial charge in [0, 0.05) is 22.6 Å². The molecule has 4 heterocycles. The molecule has 0 saturated heterocycles. The SMILES string of the molecule is CC[C@@]1(O)C(=O)OCc2c1cc1n(c2=O)Cc2c-1nc1cc(F)c(C)c3c1c2[C@@H](NC(=O)NC(CO)CO)CC3. The molecule has 1 aromatic carbocycles. The van der Waals surface area contributed by atoms with Crippen LogP contribution in [0.15, 0.2) is 16.9 Å². The van der Waals surface area contributed by atoms with Crippen molar-refractivity contribution in [2.75, 3.05) is 13.2 Å². The Hall–Kier alpha value is -3.87. The van der Waals surface area contributed by atoms with Gasteiger partial charge in [0.1, 0.15) is 12.4 Å². The highest BCUT2D eigenvalue weighted by molar-refractivity contribution is 5.93. The molecule has 0 fully saturated rings. The van der Waals surface area contributed by atoms with Crippen LogP contribution in [0.2, 0.25) is 0 Å². The summed E-state index contributed by atoms with van der Waals surface area (Å²) in [6.07, 6.45) is 0.924. The number of aryl methyl sites for hydroxylation is 1. The number of pyridine rings is 2. The van der Waals surface area contributed by atoms with Gasteiger partial charge in [0.25, 0.3) is 5.56 Å². The van der Waals surface area contributed by atoms with Crippen LogP contribution >= 0.6 is 0 Å². The Bertz CT molecular complexity index is 1670. The summed E-state index contributed by atoms with van der Waals surface area (Å²) < 4.78 is 21.7. The standard InChI is InChI=1S/C28H29FN4O7/c1-3-28(39)17-6-21-24-15(8-33(21)25(36)16(17)11-40-26(28)37)23-19(32-27(38)30-13(9-34)10-35)5-4-14-12(2)18(29)7-20(31-24)22(14)23/h6-7,13,19,34-35,39H,3-5,8-11H2,1-2H3,(H2,30,32,38)/t19-,28-/m0/s1. The molecule has 12 heteroatoms. The summed E-state index contributed by atoms with van der Waals surface area (Å²) in [7, 11) is 0. The van der Waals surface area contributed by atoms with Crippen molar-refractivity contribution in [1.82, 2.24) is 20.2 Å². The minimum absolute atomic E-state index is 0.00259. The molecule has 1 aliphatic carbocycles. The number of urea groups is 1. The normalized spacial score (nSPS) is 20.7. The summed E-state index contributed by atoms with van der Waals surface area (Å²) in [5, 5.41) is 36.1. The number of rotatable bonds is 5. The summed E-state index contributed by atoms with van der Waals surface area (Å²) >= 11 is 0. The van der Waals surface area contributed by atoms with Crippen molar-refractivity contribution in [2.24, 2.45) is 0 Å². The first kappa shape index (κ1) is 26.4. The van der Waals surface area contributed by atoms with Crippen LogP contribution in [0, 0.1) is 12.7 Å². The van der Waals surface area contributed by atoms with Crippen LogP contribution in [0.4, 0.5) is 9.18 Å². The minimum atomic E-state index is -1.98. The Morgan fingerprint density at radius 1 is 1.25 bits per heavy atom. The van der Waals surface area contributed by atoms with Gasteiger partial charge in [0.2, 0.25) is 0 Å². The second-order valence-corrected chi connectivity index (χ2v) is 10.6. The third-order valence-electron chi connectivity index (χ3n) is 8.46. The Labute approximate surface area is 227 Å². The molecule has 210 valence electrons. The molecule has 5 N–H and O–H groups in total. The molecule has 3 aromatic rings. The lowest BCUT2D eigenvalue weighted by Crippen LogP contribution is -2.47. The highest BCUT2D eigenvalue weighted by atomic mass is 19.1. The molecule has 2 aromatic heterocycles. The second kappa shape index (κ2) is 9.36. The van der Waals surface area contributed by atoms with Crippen molar-refractivity contribution < 1.29 is 34.0 Å². The van der Waals surface area contributed by atoms with Gasteiger partial charge < -0.3 is 35.3 Å². The van der Waals surface area contributed by atoms with Gasteiger partial charge in [-0.25, -0.2) is 19.0 Å². The molecular weight excluding hydrogens is 523 g/mol. The van der Waals surface area contributed by atoms with Crippen molar-refractivity contribution in [3.63, 3.8) is 0 Å². The Morgan fingerprint density at radius 3 is 2.70 bits per heavy atom. The van der Waals surface area contributed by atoms with Gasteiger partial charge in [-0.05, 0) is 48.9 Å². The van der Waals surface area contributed by atoms with Crippen LogP contribution in [0.5, 0.6) is 0 Å². The number of nitrogens with zero attached hydrogens (tertiary/aromatic N) is 2. The van der Waals surface area contributed by atoms with Crippen molar-refractivity contribution in [3.05, 3.63) is 61.7 Å². The third-order valence-corrected chi connectivity index (χ3v) is 8.46. The first-order chi connectivity index (χ1) is 19.1. The number of amides is 2. The van der Waals surface area contributed by atoms with Gasteiger partial charge in [-0.3, -0.25) is 4.79 Å². The van der Waals surface area contributed by atoms with Crippen LogP contribution in [0.3, 0.4) is 0 Å². The minimum Gasteiger partial charge on any atom is -0.458 e. The number of hydrogen-bond donors (Lipinski definition) is 5. The number of aromatic nitrogens is 2. The number of esters is 1. The van der Waals surface area contributed by atoms with Gasteiger partial charge in [-0.1, -0.05) is 6.92 Å². The van der Waals surface area contributed by atoms with Crippen LogP contribution in [0.25, 0.3) is 22.3 Å². The largest absolute Gasteiger partial charge is 0.458 e. The zero-order valence-electron chi connectivity index (χ0n) is 22.0. The molecule has 0 bridgehead atoms. The summed E-state index contributed by atoms with van der Waals surface area (Å²) in [6.45, 7) is 2.30. The van der Waals surface area contributed by atoms with E-state index < -0.39 is 54.3 Å². The fraction of sp³-hybridized carbons (Fsp3) is 0.429. The van der Waals surface area contributed by atoms with E-state index in [9.17, 15) is 29.7 Å². The number of aliphatic hydroxyl groups is 3. The zero-order chi connectivity index (χ0) is 28.5. The van der Waals surface area contributed by atoms with Crippen molar-refractivity contribution in [1.29, 1.82) is 0 Å². The Balaban J connectivity index is 1.56. The highest BCUT2D eigenvalue weighted by Gasteiger charge is 2.46. The number of hydrogen-bond acceptors (Lipinski definition) is 8. The van der Waals surface area contributed by atoms with E-state index >= 15 is 4.39 Å². The van der Waals surface area contributed by atoms with E-state index in [-0.39, 0.29) is 30.7 Å². The van der Waals surface area contributed by atoms with Crippen molar-refractivity contribution in [3.8, 4) is 11.4 Å². The number of fused-ring (bicyclic) bond motifs is 5. The van der Waals surface area contributed by atoms with Crippen LogP contribution < -0.4 is 16.2 Å². The fourth-order valence-electron chi connectivity index (χ4n) is 6.23. The predicted molar refractivity (Wildman–Crippen MR) is 140 cm³/mol. The third kappa shape index (κ3) is 3.66. The summed E-state index contributed by atoms with van der Waals surface area (Å²) in [5.74, 6) is -1.24. The van der Waals surface area contributed by atoms with Crippen molar-refractivity contribution in [2.45, 2.75) is 63.9 Å². The van der Waals surface area contributed by atoms with E-state index in [0.29, 0.717) is 51.8 Å². The predicted octanol–water partition coefficient (Wildman–Crippen LogP) is 1.17. The van der Waals surface area contributed by atoms with Crippen LogP contribution in [0.1, 0.15) is 59.2 Å². The molecule has 0 unspecified atom stereocenters. The molecule has 3 aliphatic rings. The molecule has 0 spiro atoms. The summed E-state index contributed by atoms with van der Waals surface area (Å²) in [4.78, 5) is 43.8. The number of ether oxygens (including phenoxy) is 1. The fourth-order valence-corrected chi connectivity index (χ4v) is 6.23. The topological polar surface area (TPSA) is 163 Å². The summed E-state index contributed by atoms with van der Waals surface area (Å²) in [5.41, 5.74) is 1.79. The number of halogens is 1. The van der Waals surface area contributed by atoms with E-state index in [1.54, 1.807) is 19.9 Å². The average Bonchev–Trinajstić information content (AvgIpc) is 3.31. The summed E-state index contributed by atoms with van der Waals surface area (Å²) in [6, 6.07) is 0.964. The smallest absolute Gasteiger partial charge is 0.343 e. The Kier molecular flexibility index (Phi) is 6.17. The zero-order valence-corrected chi connectivity index (χ0v) is 22.0. The first-order valence-corrected chi connectivity index (χ1v) is 13.2. The molecule has 0 radical (unpaired) electrons. The number of benzene rings is 1. The monoisotopic (exact) mass is 552 g/mol. The maximum Gasteiger partial charge on any atom is 0.343 e. The van der Waals surface area contributed by atoms with Crippen LogP contribution in [-0.4, -0.2) is 56.1 Å². The van der Waals surface area contributed by atoms with E-state index in [2.05, 4.69) is 10.6 Å². The number of carbonyl (C=O) groups excluding carboxylic acids is 2. The maximum atomic E-state index is 15.0. The molecule has 0 saturated carbocycles. The van der Waals surface area contributed by atoms with Gasteiger partial charge in [0.05, 0.1) is 54.3 Å². The lowest BCUT2D eigenvalue weighted by molar-refractivity contribution is -0.172. The van der Waals surface area contributed by atoms with E-state index in [4.69, 9.17) is 9.72 Å². The van der Waals surface area contributed by atoms with Gasteiger partial charge in [-0.2, -0.15) is 0 Å². The Morgan fingerprint density at radius 2 is 2.00 bits per heavy atom. The number of aliphatic hydroxyl groups excluding tert-OH is 2. The van der Waals surface area contributed by atoms with Crippen LogP contribution in [-0.2, 0) is 34.7 Å². The molecular formula is C28H29FN4O7. The molecule has 40 heavy (non-hydrogen) atoms. The van der Waals surface area contributed by atoms with Crippen molar-refractivity contribution >= 4 is 22.9 Å². The van der Waals surface area contributed by atoms with Gasteiger partial charge >= 0.3 is 12.0 Å². The lowest BCUT2D eigenvalue weighted by Gasteiger charge is -2.31. The number of cyclic esters (lactones) is 1. The highest BCUT2D eigenvalue weighted by Crippen LogP contribution is 2.45. The number of nitrogens with one attached hydrogen (secondary N) is 2. The average molecular weight is 553 g/mol. The molecule has 6 rings (SSSR count).